The molecule has 1 amide bonds. The second-order valence-electron chi connectivity index (χ2n) is 8.77. The van der Waals surface area contributed by atoms with Crippen molar-refractivity contribution in [1.82, 2.24) is 19.9 Å². The summed E-state index contributed by atoms with van der Waals surface area (Å²) >= 11 is 5.93. The number of hydrogen-bond acceptors (Lipinski definition) is 6. The van der Waals surface area contributed by atoms with E-state index in [9.17, 15) is 22.4 Å². The highest BCUT2D eigenvalue weighted by Gasteiger charge is 2.35. The SMILES string of the molecule is CNC(=O)[C@H]1C[C@@H](n2cnc3ccc(-c4cncc(NS(=O)(=O)c5ccc(F)cc5Cl)c4)cc3c2=O)C1. The molecule has 1 aliphatic rings. The van der Waals surface area contributed by atoms with E-state index in [0.29, 0.717) is 34.9 Å². The zero-order chi connectivity index (χ0) is 26.3. The molecule has 2 aromatic carbocycles. The molecule has 0 radical (unpaired) electrons. The highest BCUT2D eigenvalue weighted by atomic mass is 35.5. The van der Waals surface area contributed by atoms with Crippen LogP contribution in [0.3, 0.4) is 0 Å². The lowest BCUT2D eigenvalue weighted by atomic mass is 9.79. The maximum atomic E-state index is 13.3. The van der Waals surface area contributed by atoms with Crippen LogP contribution in [0.15, 0.2) is 70.9 Å². The molecule has 1 fully saturated rings. The van der Waals surface area contributed by atoms with Crippen molar-refractivity contribution in [2.75, 3.05) is 11.8 Å². The van der Waals surface area contributed by atoms with E-state index < -0.39 is 15.8 Å². The Morgan fingerprint density at radius 3 is 2.62 bits per heavy atom. The second-order valence-corrected chi connectivity index (χ2v) is 10.8. The summed E-state index contributed by atoms with van der Waals surface area (Å²) in [6.45, 7) is 0. The Hall–Kier alpha value is -3.83. The van der Waals surface area contributed by atoms with E-state index >= 15 is 0 Å². The molecule has 4 aromatic rings. The number of nitrogens with zero attached hydrogens (tertiary/aromatic N) is 3. The fraction of sp³-hybridized carbons (Fsp3) is 0.200. The minimum absolute atomic E-state index is 0.0370. The van der Waals surface area contributed by atoms with E-state index in [-0.39, 0.29) is 39.0 Å². The van der Waals surface area contributed by atoms with E-state index in [2.05, 4.69) is 20.0 Å². The third-order valence-corrected chi connectivity index (χ3v) is 8.28. The van der Waals surface area contributed by atoms with Gasteiger partial charge in [-0.15, -0.1) is 0 Å². The third kappa shape index (κ3) is 4.79. The first-order chi connectivity index (χ1) is 17.7. The van der Waals surface area contributed by atoms with Gasteiger partial charge in [-0.2, -0.15) is 0 Å². The maximum absolute atomic E-state index is 13.3. The average molecular weight is 542 g/mol. The number of carbonyl (C=O) groups is 1. The molecular weight excluding hydrogens is 521 g/mol. The Morgan fingerprint density at radius 1 is 1.11 bits per heavy atom. The number of sulfonamides is 1. The van der Waals surface area contributed by atoms with Crippen molar-refractivity contribution in [3.8, 4) is 11.1 Å². The summed E-state index contributed by atoms with van der Waals surface area (Å²) in [5.74, 6) is -0.808. The van der Waals surface area contributed by atoms with Crippen LogP contribution in [0.4, 0.5) is 10.1 Å². The molecule has 5 rings (SSSR count). The average Bonchev–Trinajstić information content (AvgIpc) is 2.83. The van der Waals surface area contributed by atoms with E-state index in [1.807, 2.05) is 0 Å². The first-order valence-corrected chi connectivity index (χ1v) is 13.2. The second kappa shape index (κ2) is 9.56. The molecule has 2 aromatic heterocycles. The van der Waals surface area contributed by atoms with Crippen LogP contribution in [-0.4, -0.2) is 35.9 Å². The number of aromatic nitrogens is 3. The first-order valence-electron chi connectivity index (χ1n) is 11.3. The Bertz CT molecular complexity index is 1700. The summed E-state index contributed by atoms with van der Waals surface area (Å²) in [6, 6.07) is 9.62. The normalized spacial score (nSPS) is 17.3. The Morgan fingerprint density at radius 2 is 1.89 bits per heavy atom. The third-order valence-electron chi connectivity index (χ3n) is 6.41. The van der Waals surface area contributed by atoms with E-state index in [0.717, 1.165) is 18.2 Å². The van der Waals surface area contributed by atoms with Crippen LogP contribution in [0.1, 0.15) is 18.9 Å². The van der Waals surface area contributed by atoms with Crippen LogP contribution in [-0.2, 0) is 14.8 Å². The molecule has 190 valence electrons. The molecule has 0 aliphatic heterocycles. The lowest BCUT2D eigenvalue weighted by Gasteiger charge is -2.34. The van der Waals surface area contributed by atoms with Crippen LogP contribution < -0.4 is 15.6 Å². The van der Waals surface area contributed by atoms with Crippen LogP contribution >= 0.6 is 11.6 Å². The number of nitrogens with one attached hydrogen (secondary N) is 2. The van der Waals surface area contributed by atoms with E-state index in [4.69, 9.17) is 11.6 Å². The summed E-state index contributed by atoms with van der Waals surface area (Å²) in [5.41, 5.74) is 1.65. The van der Waals surface area contributed by atoms with Crippen molar-refractivity contribution in [2.24, 2.45) is 5.92 Å². The zero-order valence-electron chi connectivity index (χ0n) is 19.5. The summed E-state index contributed by atoms with van der Waals surface area (Å²) < 4.78 is 42.9. The van der Waals surface area contributed by atoms with Crippen LogP contribution in [0, 0.1) is 11.7 Å². The predicted octanol–water partition coefficient (Wildman–Crippen LogP) is 3.75. The molecule has 1 saturated carbocycles. The summed E-state index contributed by atoms with van der Waals surface area (Å²) in [4.78, 5) is 33.3. The lowest BCUT2D eigenvalue weighted by molar-refractivity contribution is -0.128. The number of hydrogen-bond donors (Lipinski definition) is 2. The van der Waals surface area contributed by atoms with Gasteiger partial charge in [-0.25, -0.2) is 17.8 Å². The summed E-state index contributed by atoms with van der Waals surface area (Å²) in [5, 5.41) is 2.78. The highest BCUT2D eigenvalue weighted by Crippen LogP contribution is 2.37. The van der Waals surface area contributed by atoms with Crippen molar-refractivity contribution in [3.05, 3.63) is 82.4 Å². The molecule has 2 heterocycles. The number of benzene rings is 2. The lowest BCUT2D eigenvalue weighted by Crippen LogP contribution is -2.41. The van der Waals surface area contributed by atoms with Gasteiger partial charge in [-0.1, -0.05) is 17.7 Å². The number of rotatable bonds is 6. The standard InChI is InChI=1S/C25H21ClFN5O4S/c1-28-24(33)15-7-19(8-15)32-13-30-22-4-2-14(9-20(22)25(32)34)16-6-18(12-29-11-16)31-37(35,36)23-5-3-17(27)10-21(23)26/h2-6,9-13,15,19,31H,7-8H2,1H3,(H,28,33)/t15-,19+. The van der Waals surface area contributed by atoms with Crippen LogP contribution in [0.2, 0.25) is 5.02 Å². The molecule has 37 heavy (non-hydrogen) atoms. The van der Waals surface area contributed by atoms with Gasteiger partial charge in [0.25, 0.3) is 15.6 Å². The monoisotopic (exact) mass is 541 g/mol. The fourth-order valence-electron chi connectivity index (χ4n) is 4.37. The predicted molar refractivity (Wildman–Crippen MR) is 137 cm³/mol. The van der Waals surface area contributed by atoms with Gasteiger partial charge in [-0.05, 0) is 54.8 Å². The number of amides is 1. The molecule has 0 unspecified atom stereocenters. The van der Waals surface area contributed by atoms with Crippen molar-refractivity contribution in [2.45, 2.75) is 23.8 Å². The molecule has 0 atom stereocenters. The maximum Gasteiger partial charge on any atom is 0.263 e. The molecule has 2 N–H and O–H groups in total. The molecule has 0 bridgehead atoms. The van der Waals surface area contributed by atoms with E-state index in [1.54, 1.807) is 42.1 Å². The van der Waals surface area contributed by atoms with Crippen molar-refractivity contribution in [3.63, 3.8) is 0 Å². The van der Waals surface area contributed by atoms with Crippen LogP contribution in [0.5, 0.6) is 0 Å². The largest absolute Gasteiger partial charge is 0.359 e. The first kappa shape index (κ1) is 24.8. The topological polar surface area (TPSA) is 123 Å². The minimum Gasteiger partial charge on any atom is -0.359 e. The van der Waals surface area contributed by atoms with Gasteiger partial charge in [0.2, 0.25) is 5.91 Å². The summed E-state index contributed by atoms with van der Waals surface area (Å²) in [7, 11) is -2.51. The van der Waals surface area contributed by atoms with Crippen molar-refractivity contribution < 1.29 is 17.6 Å². The quantitative estimate of drug-likeness (QED) is 0.383. The smallest absolute Gasteiger partial charge is 0.263 e. The van der Waals surface area contributed by atoms with Gasteiger partial charge in [0.05, 0.1) is 34.1 Å². The fourth-order valence-corrected chi connectivity index (χ4v) is 5.93. The number of pyridine rings is 1. The van der Waals surface area contributed by atoms with Crippen LogP contribution in [0.25, 0.3) is 22.0 Å². The summed E-state index contributed by atoms with van der Waals surface area (Å²) in [6.07, 6.45) is 5.51. The van der Waals surface area contributed by atoms with E-state index in [1.165, 1.54) is 12.5 Å². The molecule has 12 heteroatoms. The van der Waals surface area contributed by atoms with Gasteiger partial charge >= 0.3 is 0 Å². The molecular formula is C25H21ClFN5O4S. The molecule has 0 saturated heterocycles. The Labute approximate surface area is 216 Å². The zero-order valence-corrected chi connectivity index (χ0v) is 21.1. The molecule has 1 aliphatic carbocycles. The van der Waals surface area contributed by atoms with Gasteiger partial charge < -0.3 is 5.32 Å². The Balaban J connectivity index is 1.44. The number of fused-ring (bicyclic) bond motifs is 1. The van der Waals surface area contributed by atoms with Gasteiger partial charge in [0.15, 0.2) is 0 Å². The Kier molecular flexibility index (Phi) is 6.42. The number of halogens is 2. The van der Waals surface area contributed by atoms with Gasteiger partial charge in [-0.3, -0.25) is 23.9 Å². The highest BCUT2D eigenvalue weighted by molar-refractivity contribution is 7.92. The molecule has 9 nitrogen and oxygen atoms in total. The molecule has 0 spiro atoms. The number of anilines is 1. The minimum atomic E-state index is -4.11. The van der Waals surface area contributed by atoms with Crippen molar-refractivity contribution >= 4 is 44.1 Å². The van der Waals surface area contributed by atoms with Crippen molar-refractivity contribution in [1.29, 1.82) is 0 Å². The van der Waals surface area contributed by atoms with Gasteiger partial charge in [0, 0.05) is 30.8 Å². The van der Waals surface area contributed by atoms with Gasteiger partial charge in [0.1, 0.15) is 10.7 Å². The number of carbonyl (C=O) groups excluding carboxylic acids is 1.